The number of nitrogens with zero attached hydrogens (tertiary/aromatic N) is 4. The summed E-state index contributed by atoms with van der Waals surface area (Å²) in [6.07, 6.45) is 1.37. The number of carbonyl (C=O) groups excluding carboxylic acids is 1. The van der Waals surface area contributed by atoms with Crippen molar-refractivity contribution in [2.75, 3.05) is 11.4 Å². The number of carbonyl (C=O) groups is 1. The van der Waals surface area contributed by atoms with E-state index in [-0.39, 0.29) is 34.4 Å². The predicted molar refractivity (Wildman–Crippen MR) is 77.2 cm³/mol. The number of nitro groups is 1. The van der Waals surface area contributed by atoms with Gasteiger partial charge in [-0.05, 0) is 38.3 Å². The number of hydrogen-bond acceptors (Lipinski definition) is 6. The van der Waals surface area contributed by atoms with E-state index in [1.165, 1.54) is 6.92 Å². The second-order valence-electron chi connectivity index (χ2n) is 5.19. The Morgan fingerprint density at radius 2 is 2.14 bits per heavy atom. The van der Waals surface area contributed by atoms with E-state index in [0.717, 1.165) is 0 Å². The summed E-state index contributed by atoms with van der Waals surface area (Å²) < 4.78 is 0. The second-order valence-corrected chi connectivity index (χ2v) is 5.52. The summed E-state index contributed by atoms with van der Waals surface area (Å²) in [4.78, 5) is 31.7. The van der Waals surface area contributed by atoms with E-state index >= 15 is 0 Å². The van der Waals surface area contributed by atoms with Crippen LogP contribution in [0.1, 0.15) is 25.5 Å². The highest BCUT2D eigenvalue weighted by atomic mass is 35.5. The first-order valence-electron chi connectivity index (χ1n) is 6.55. The zero-order valence-corrected chi connectivity index (χ0v) is 12.5. The molecule has 1 aliphatic heterocycles. The lowest BCUT2D eigenvalue weighted by Gasteiger charge is -2.37. The number of hydrogen-bond donors (Lipinski definition) is 1. The molecule has 0 radical (unpaired) electrons. The standard InChI is InChI=1S/C12H16ClN5O3/c1-6-3-4-8(10(14)19)5-17(6)11-9(18(20)21)7(2)15-12(13)16-11/h6,8H,3-5H2,1-2H3,(H2,14,19). The summed E-state index contributed by atoms with van der Waals surface area (Å²) in [5, 5.41) is 11.2. The van der Waals surface area contributed by atoms with Crippen LogP contribution in [-0.4, -0.2) is 33.4 Å². The third-order valence-electron chi connectivity index (χ3n) is 3.75. The molecule has 1 fully saturated rings. The average Bonchev–Trinajstić information content (AvgIpc) is 2.37. The Morgan fingerprint density at radius 3 is 2.71 bits per heavy atom. The van der Waals surface area contributed by atoms with Crippen molar-refractivity contribution in [1.82, 2.24) is 9.97 Å². The monoisotopic (exact) mass is 313 g/mol. The van der Waals surface area contributed by atoms with E-state index in [9.17, 15) is 14.9 Å². The Bertz CT molecular complexity index is 595. The maximum absolute atomic E-state index is 11.4. The Labute approximate surface area is 126 Å². The van der Waals surface area contributed by atoms with E-state index in [0.29, 0.717) is 19.4 Å². The SMILES string of the molecule is Cc1nc(Cl)nc(N2CC(C(N)=O)CCC2C)c1[N+](=O)[O-]. The van der Waals surface area contributed by atoms with Crippen molar-refractivity contribution < 1.29 is 9.72 Å². The number of halogens is 1. The van der Waals surface area contributed by atoms with Gasteiger partial charge < -0.3 is 10.6 Å². The highest BCUT2D eigenvalue weighted by Crippen LogP contribution is 2.34. The van der Waals surface area contributed by atoms with Crippen LogP contribution in [0.3, 0.4) is 0 Å². The van der Waals surface area contributed by atoms with Gasteiger partial charge in [0.25, 0.3) is 0 Å². The number of piperidine rings is 1. The molecule has 0 saturated carbocycles. The molecule has 21 heavy (non-hydrogen) atoms. The highest BCUT2D eigenvalue weighted by Gasteiger charge is 2.34. The van der Waals surface area contributed by atoms with Crippen LogP contribution in [0, 0.1) is 23.0 Å². The van der Waals surface area contributed by atoms with E-state index in [4.69, 9.17) is 17.3 Å². The van der Waals surface area contributed by atoms with Crippen LogP contribution in [0.5, 0.6) is 0 Å². The molecule has 2 heterocycles. The summed E-state index contributed by atoms with van der Waals surface area (Å²) in [5.74, 6) is -0.614. The molecule has 8 nitrogen and oxygen atoms in total. The Balaban J connectivity index is 2.48. The van der Waals surface area contributed by atoms with Crippen LogP contribution in [0.4, 0.5) is 11.5 Å². The zero-order chi connectivity index (χ0) is 15.7. The summed E-state index contributed by atoms with van der Waals surface area (Å²) in [6.45, 7) is 3.73. The van der Waals surface area contributed by atoms with Gasteiger partial charge in [0.15, 0.2) is 0 Å². The van der Waals surface area contributed by atoms with Crippen molar-refractivity contribution in [2.24, 2.45) is 11.7 Å². The first-order chi connectivity index (χ1) is 9.81. The van der Waals surface area contributed by atoms with E-state index in [1.807, 2.05) is 6.92 Å². The van der Waals surface area contributed by atoms with Crippen LogP contribution < -0.4 is 10.6 Å². The van der Waals surface area contributed by atoms with Gasteiger partial charge in [-0.1, -0.05) is 0 Å². The first kappa shape index (κ1) is 15.4. The Kier molecular flexibility index (Phi) is 4.26. The van der Waals surface area contributed by atoms with Crippen LogP contribution in [0.15, 0.2) is 0 Å². The van der Waals surface area contributed by atoms with Crippen LogP contribution in [0.25, 0.3) is 0 Å². The van der Waals surface area contributed by atoms with Gasteiger partial charge in [-0.25, -0.2) is 4.98 Å². The maximum atomic E-state index is 11.4. The molecule has 2 atom stereocenters. The Morgan fingerprint density at radius 1 is 1.48 bits per heavy atom. The first-order valence-corrected chi connectivity index (χ1v) is 6.93. The number of primary amides is 1. The number of aromatic nitrogens is 2. The molecule has 9 heteroatoms. The molecule has 114 valence electrons. The van der Waals surface area contributed by atoms with Crippen LogP contribution in [-0.2, 0) is 4.79 Å². The van der Waals surface area contributed by atoms with Crippen LogP contribution >= 0.6 is 11.6 Å². The quantitative estimate of drug-likeness (QED) is 0.513. The molecule has 1 aliphatic rings. The van der Waals surface area contributed by atoms with Gasteiger partial charge in [-0.2, -0.15) is 4.98 Å². The van der Waals surface area contributed by atoms with Gasteiger partial charge in [-0.15, -0.1) is 0 Å². The molecule has 0 spiro atoms. The lowest BCUT2D eigenvalue weighted by atomic mass is 9.93. The molecule has 1 amide bonds. The minimum absolute atomic E-state index is 0.00432. The molecule has 1 aromatic rings. The van der Waals surface area contributed by atoms with Gasteiger partial charge in [0, 0.05) is 12.6 Å². The summed E-state index contributed by atoms with van der Waals surface area (Å²) in [6, 6.07) is 0.00432. The maximum Gasteiger partial charge on any atom is 0.332 e. The summed E-state index contributed by atoms with van der Waals surface area (Å²) >= 11 is 5.83. The van der Waals surface area contributed by atoms with Gasteiger partial charge in [0.1, 0.15) is 5.69 Å². The van der Waals surface area contributed by atoms with Crippen molar-refractivity contribution >= 4 is 29.0 Å². The molecule has 0 bridgehead atoms. The molecular weight excluding hydrogens is 298 g/mol. The fourth-order valence-corrected chi connectivity index (χ4v) is 2.77. The van der Waals surface area contributed by atoms with E-state index in [1.54, 1.807) is 4.90 Å². The van der Waals surface area contributed by atoms with Crippen molar-refractivity contribution in [3.63, 3.8) is 0 Å². The molecule has 0 aliphatic carbocycles. The molecular formula is C12H16ClN5O3. The van der Waals surface area contributed by atoms with Crippen LogP contribution in [0.2, 0.25) is 5.28 Å². The lowest BCUT2D eigenvalue weighted by molar-refractivity contribution is -0.385. The smallest absolute Gasteiger partial charge is 0.332 e. The lowest BCUT2D eigenvalue weighted by Crippen LogP contribution is -2.46. The van der Waals surface area contributed by atoms with Crippen molar-refractivity contribution in [3.8, 4) is 0 Å². The molecule has 2 N–H and O–H groups in total. The number of anilines is 1. The van der Waals surface area contributed by atoms with Gasteiger partial charge in [0.05, 0.1) is 10.8 Å². The number of amides is 1. The van der Waals surface area contributed by atoms with Gasteiger partial charge in [0.2, 0.25) is 17.0 Å². The molecule has 2 rings (SSSR count). The predicted octanol–water partition coefficient (Wildman–Crippen LogP) is 1.44. The topological polar surface area (TPSA) is 115 Å². The third-order valence-corrected chi connectivity index (χ3v) is 3.92. The fourth-order valence-electron chi connectivity index (χ4n) is 2.57. The van der Waals surface area contributed by atoms with Crippen molar-refractivity contribution in [3.05, 3.63) is 21.1 Å². The van der Waals surface area contributed by atoms with Gasteiger partial charge >= 0.3 is 5.69 Å². The van der Waals surface area contributed by atoms with Gasteiger partial charge in [-0.3, -0.25) is 14.9 Å². The van der Waals surface area contributed by atoms with E-state index < -0.39 is 10.8 Å². The fraction of sp³-hybridized carbons (Fsp3) is 0.583. The number of aryl methyl sites for hydroxylation is 1. The average molecular weight is 314 g/mol. The number of nitrogens with two attached hydrogens (primary N) is 1. The van der Waals surface area contributed by atoms with Crippen molar-refractivity contribution in [1.29, 1.82) is 0 Å². The zero-order valence-electron chi connectivity index (χ0n) is 11.7. The number of rotatable bonds is 3. The van der Waals surface area contributed by atoms with E-state index in [2.05, 4.69) is 9.97 Å². The molecule has 2 unspecified atom stereocenters. The third kappa shape index (κ3) is 3.05. The molecule has 0 aromatic carbocycles. The van der Waals surface area contributed by atoms with Crippen molar-refractivity contribution in [2.45, 2.75) is 32.7 Å². The largest absolute Gasteiger partial charge is 0.369 e. The summed E-state index contributed by atoms with van der Waals surface area (Å²) in [5.41, 5.74) is 5.37. The minimum Gasteiger partial charge on any atom is -0.369 e. The highest BCUT2D eigenvalue weighted by molar-refractivity contribution is 6.28. The normalized spacial score (nSPS) is 22.1. The summed E-state index contributed by atoms with van der Waals surface area (Å²) in [7, 11) is 0. The molecule has 1 aromatic heterocycles. The molecule has 1 saturated heterocycles. The minimum atomic E-state index is -0.526. The Hall–Kier alpha value is -1.96. The second kappa shape index (κ2) is 5.80.